The summed E-state index contributed by atoms with van der Waals surface area (Å²) in [5.74, 6) is 0. The van der Waals surface area contributed by atoms with E-state index >= 15 is 0 Å². The molecule has 0 spiro atoms. The molecule has 0 aromatic heterocycles. The molecule has 1 aromatic carbocycles. The van der Waals surface area contributed by atoms with Crippen LogP contribution in [-0.2, 0) is 5.41 Å². The van der Waals surface area contributed by atoms with E-state index in [9.17, 15) is 5.11 Å². The van der Waals surface area contributed by atoms with Crippen LogP contribution in [0.5, 0.6) is 0 Å². The average molecular weight is 302 g/mol. The first-order valence-corrected chi connectivity index (χ1v) is 6.46. The topological polar surface area (TPSA) is 52.5 Å². The highest BCUT2D eigenvalue weighted by molar-refractivity contribution is 9.10. The number of rotatable bonds is 4. The van der Waals surface area contributed by atoms with Crippen LogP contribution in [-0.4, -0.2) is 29.5 Å². The SMILES string of the molecule is CC(C)(C)c1ccc(Br)c(NCC(O)CO)c1. The van der Waals surface area contributed by atoms with Crippen molar-refractivity contribution in [2.45, 2.75) is 32.3 Å². The van der Waals surface area contributed by atoms with Gasteiger partial charge in [-0.3, -0.25) is 0 Å². The summed E-state index contributed by atoms with van der Waals surface area (Å²) in [6.07, 6.45) is -0.736. The van der Waals surface area contributed by atoms with E-state index in [1.807, 2.05) is 6.07 Å². The molecular weight excluding hydrogens is 282 g/mol. The molecule has 0 saturated carbocycles. The molecule has 96 valence electrons. The largest absolute Gasteiger partial charge is 0.394 e. The minimum atomic E-state index is -0.736. The number of anilines is 1. The number of halogens is 1. The molecule has 1 unspecified atom stereocenters. The van der Waals surface area contributed by atoms with Crippen LogP contribution < -0.4 is 5.32 Å². The monoisotopic (exact) mass is 301 g/mol. The lowest BCUT2D eigenvalue weighted by molar-refractivity contribution is 0.105. The van der Waals surface area contributed by atoms with Crippen molar-refractivity contribution in [2.24, 2.45) is 0 Å². The molecule has 0 aliphatic heterocycles. The van der Waals surface area contributed by atoms with Gasteiger partial charge in [0.15, 0.2) is 0 Å². The van der Waals surface area contributed by atoms with Crippen molar-refractivity contribution in [3.63, 3.8) is 0 Å². The first kappa shape index (κ1) is 14.5. The highest BCUT2D eigenvalue weighted by atomic mass is 79.9. The van der Waals surface area contributed by atoms with E-state index in [1.165, 1.54) is 5.56 Å². The van der Waals surface area contributed by atoms with E-state index in [4.69, 9.17) is 5.11 Å². The van der Waals surface area contributed by atoms with Crippen LogP contribution in [0.1, 0.15) is 26.3 Å². The third-order valence-electron chi connectivity index (χ3n) is 2.57. The summed E-state index contributed by atoms with van der Waals surface area (Å²) < 4.78 is 0.954. The molecule has 1 rings (SSSR count). The van der Waals surface area contributed by atoms with Crippen molar-refractivity contribution < 1.29 is 10.2 Å². The minimum absolute atomic E-state index is 0.0900. The molecule has 1 atom stereocenters. The van der Waals surface area contributed by atoms with Crippen molar-refractivity contribution in [3.05, 3.63) is 28.2 Å². The zero-order valence-corrected chi connectivity index (χ0v) is 12.1. The molecule has 0 fully saturated rings. The molecule has 3 N–H and O–H groups in total. The zero-order valence-electron chi connectivity index (χ0n) is 10.5. The maximum atomic E-state index is 9.31. The molecule has 1 aromatic rings. The third kappa shape index (κ3) is 4.30. The summed E-state index contributed by atoms with van der Waals surface area (Å²) in [5.41, 5.74) is 2.25. The van der Waals surface area contributed by atoms with Crippen molar-refractivity contribution in [2.75, 3.05) is 18.5 Å². The summed E-state index contributed by atoms with van der Waals surface area (Å²) in [6, 6.07) is 6.14. The first-order chi connectivity index (χ1) is 7.84. The number of benzene rings is 1. The zero-order chi connectivity index (χ0) is 13.1. The average Bonchev–Trinajstić information content (AvgIpc) is 2.26. The van der Waals surface area contributed by atoms with E-state index < -0.39 is 6.10 Å². The Labute approximate surface area is 111 Å². The third-order valence-corrected chi connectivity index (χ3v) is 3.26. The molecule has 0 aliphatic rings. The Balaban J connectivity index is 2.84. The van der Waals surface area contributed by atoms with Crippen molar-refractivity contribution in [1.82, 2.24) is 0 Å². The van der Waals surface area contributed by atoms with Gasteiger partial charge in [-0.15, -0.1) is 0 Å². The van der Waals surface area contributed by atoms with Gasteiger partial charge in [0.05, 0.1) is 12.7 Å². The van der Waals surface area contributed by atoms with E-state index in [1.54, 1.807) is 0 Å². The van der Waals surface area contributed by atoms with Crippen LogP contribution in [0.3, 0.4) is 0 Å². The fourth-order valence-electron chi connectivity index (χ4n) is 1.42. The summed E-state index contributed by atoms with van der Waals surface area (Å²) in [5, 5.41) is 21.2. The van der Waals surface area contributed by atoms with Gasteiger partial charge in [0, 0.05) is 16.7 Å². The molecule has 0 amide bonds. The summed E-state index contributed by atoms with van der Waals surface area (Å²) >= 11 is 3.46. The second-order valence-electron chi connectivity index (χ2n) is 5.16. The molecule has 0 saturated heterocycles. The van der Waals surface area contributed by atoms with Gasteiger partial charge in [-0.05, 0) is 39.0 Å². The number of aliphatic hydroxyl groups excluding tert-OH is 2. The standard InChI is InChI=1S/C13H20BrNO2/c1-13(2,3)9-4-5-11(14)12(6-9)15-7-10(17)8-16/h4-6,10,15-17H,7-8H2,1-3H3. The predicted molar refractivity (Wildman–Crippen MR) is 74.4 cm³/mol. The van der Waals surface area contributed by atoms with E-state index in [0.29, 0.717) is 6.54 Å². The van der Waals surface area contributed by atoms with Gasteiger partial charge in [0.1, 0.15) is 0 Å². The molecule has 0 aliphatic carbocycles. The highest BCUT2D eigenvalue weighted by Gasteiger charge is 2.15. The lowest BCUT2D eigenvalue weighted by Crippen LogP contribution is -2.23. The Morgan fingerprint density at radius 3 is 2.53 bits per heavy atom. The van der Waals surface area contributed by atoms with Crippen LogP contribution in [0, 0.1) is 0 Å². The Morgan fingerprint density at radius 2 is 2.00 bits per heavy atom. The van der Waals surface area contributed by atoms with Gasteiger partial charge in [0.25, 0.3) is 0 Å². The van der Waals surface area contributed by atoms with Gasteiger partial charge in [-0.1, -0.05) is 26.8 Å². The van der Waals surface area contributed by atoms with Crippen LogP contribution >= 0.6 is 15.9 Å². The quantitative estimate of drug-likeness (QED) is 0.801. The first-order valence-electron chi connectivity index (χ1n) is 5.67. The van der Waals surface area contributed by atoms with Gasteiger partial charge < -0.3 is 15.5 Å². The number of hydrogen-bond acceptors (Lipinski definition) is 3. The molecular formula is C13H20BrNO2. The van der Waals surface area contributed by atoms with Crippen molar-refractivity contribution in [1.29, 1.82) is 0 Å². The Kier molecular flexibility index (Phi) is 4.98. The van der Waals surface area contributed by atoms with E-state index in [-0.39, 0.29) is 12.0 Å². The molecule has 3 nitrogen and oxygen atoms in total. The maximum absolute atomic E-state index is 9.31. The van der Waals surface area contributed by atoms with Crippen LogP contribution in [0.2, 0.25) is 0 Å². The van der Waals surface area contributed by atoms with Crippen LogP contribution in [0.15, 0.2) is 22.7 Å². The minimum Gasteiger partial charge on any atom is -0.394 e. The van der Waals surface area contributed by atoms with Crippen LogP contribution in [0.25, 0.3) is 0 Å². The van der Waals surface area contributed by atoms with Gasteiger partial charge in [-0.25, -0.2) is 0 Å². The number of nitrogens with one attached hydrogen (secondary N) is 1. The second kappa shape index (κ2) is 5.85. The normalized spacial score (nSPS) is 13.5. The molecule has 4 heteroatoms. The number of aliphatic hydroxyl groups is 2. The summed E-state index contributed by atoms with van der Waals surface area (Å²) in [7, 11) is 0. The fraction of sp³-hybridized carbons (Fsp3) is 0.538. The maximum Gasteiger partial charge on any atom is 0.0942 e. The van der Waals surface area contributed by atoms with Crippen molar-refractivity contribution >= 4 is 21.6 Å². The molecule has 0 radical (unpaired) electrons. The molecule has 17 heavy (non-hydrogen) atoms. The smallest absolute Gasteiger partial charge is 0.0942 e. The lowest BCUT2D eigenvalue weighted by atomic mass is 9.87. The summed E-state index contributed by atoms with van der Waals surface area (Å²) in [4.78, 5) is 0. The van der Waals surface area contributed by atoms with Gasteiger partial charge >= 0.3 is 0 Å². The Hall–Kier alpha value is -0.580. The Morgan fingerprint density at radius 1 is 1.35 bits per heavy atom. The number of hydrogen-bond donors (Lipinski definition) is 3. The van der Waals surface area contributed by atoms with Gasteiger partial charge in [0.2, 0.25) is 0 Å². The van der Waals surface area contributed by atoms with Crippen molar-refractivity contribution in [3.8, 4) is 0 Å². The molecule has 0 bridgehead atoms. The van der Waals surface area contributed by atoms with Gasteiger partial charge in [-0.2, -0.15) is 0 Å². The summed E-state index contributed by atoms with van der Waals surface area (Å²) in [6.45, 7) is 6.57. The second-order valence-corrected chi connectivity index (χ2v) is 6.02. The molecule has 0 heterocycles. The van der Waals surface area contributed by atoms with E-state index in [0.717, 1.165) is 10.2 Å². The fourth-order valence-corrected chi connectivity index (χ4v) is 1.81. The predicted octanol–water partition coefficient (Wildman–Crippen LogP) is 2.51. The van der Waals surface area contributed by atoms with Crippen LogP contribution in [0.4, 0.5) is 5.69 Å². The lowest BCUT2D eigenvalue weighted by Gasteiger charge is -2.21. The van der Waals surface area contributed by atoms with E-state index in [2.05, 4.69) is 54.2 Å². The highest BCUT2D eigenvalue weighted by Crippen LogP contribution is 2.29. The Bertz CT molecular complexity index is 374.